The first-order chi connectivity index (χ1) is 5.07. The highest BCUT2D eigenvalue weighted by Crippen LogP contribution is 2.40. The zero-order valence-electron chi connectivity index (χ0n) is 7.30. The molecule has 0 amide bonds. The minimum absolute atomic E-state index is 0.0486. The number of hydrogen-bond donors (Lipinski definition) is 0. The topological polar surface area (TPSA) is 0 Å². The highest BCUT2D eigenvalue weighted by atomic mass is 35.7. The summed E-state index contributed by atoms with van der Waals surface area (Å²) >= 11 is 24.1. The van der Waals surface area contributed by atoms with Crippen molar-refractivity contribution < 1.29 is 0 Å². The van der Waals surface area contributed by atoms with Crippen LogP contribution in [0.1, 0.15) is 6.92 Å². The average molecular weight is 282 g/mol. The number of halogens is 4. The van der Waals surface area contributed by atoms with Crippen molar-refractivity contribution in [2.75, 3.05) is 0 Å². The Morgan fingerprint density at radius 3 is 1.58 bits per heavy atom. The molecule has 0 saturated carbocycles. The molecule has 0 rings (SSSR count). The van der Waals surface area contributed by atoms with Crippen LogP contribution in [0.4, 0.5) is 0 Å². The molecule has 1 unspecified atom stereocenters. The fraction of sp³-hybridized carbons (Fsp3) is 0.667. The van der Waals surface area contributed by atoms with Gasteiger partial charge in [0.15, 0.2) is 0 Å². The van der Waals surface area contributed by atoms with E-state index in [1.165, 1.54) is 0 Å². The van der Waals surface area contributed by atoms with Crippen molar-refractivity contribution in [3.05, 3.63) is 11.8 Å². The molecule has 0 aliphatic carbocycles. The SMILES string of the molecule is C=C(C(C)[Si](C)(Cl)Cl)[Si](C)(Cl)Cl. The van der Waals surface area contributed by atoms with E-state index in [4.69, 9.17) is 44.3 Å². The van der Waals surface area contributed by atoms with Crippen LogP contribution < -0.4 is 0 Å². The molecule has 0 aliphatic heterocycles. The predicted octanol–water partition coefficient (Wildman–Crippen LogP) is 4.57. The highest BCUT2D eigenvalue weighted by Gasteiger charge is 2.39. The molecule has 12 heavy (non-hydrogen) atoms. The Balaban J connectivity index is 4.53. The second-order valence-corrected chi connectivity index (χ2v) is 18.7. The quantitative estimate of drug-likeness (QED) is 0.525. The summed E-state index contributed by atoms with van der Waals surface area (Å²) < 4.78 is 0. The molecule has 0 aromatic carbocycles. The Hall–Kier alpha value is 1.33. The molecule has 72 valence electrons. The standard InChI is InChI=1S/C6H12Cl4Si2/c1-5(11(3,7)8)6(2)12(4,9)10/h6H,1H2,2-4H3. The number of rotatable bonds is 3. The van der Waals surface area contributed by atoms with Crippen LogP contribution in [-0.2, 0) is 0 Å². The van der Waals surface area contributed by atoms with Crippen LogP contribution in [0.5, 0.6) is 0 Å². The molecule has 0 saturated heterocycles. The minimum atomic E-state index is -2.32. The molecule has 0 N–H and O–H groups in total. The molecule has 0 aromatic heterocycles. The predicted molar refractivity (Wildman–Crippen MR) is 65.2 cm³/mol. The molecule has 0 fully saturated rings. The zero-order chi connectivity index (χ0) is 10.2. The first kappa shape index (κ1) is 13.3. The lowest BCUT2D eigenvalue weighted by Crippen LogP contribution is -2.30. The summed E-state index contributed by atoms with van der Waals surface area (Å²) in [6.45, 7) is 4.91. The fourth-order valence-electron chi connectivity index (χ4n) is 0.686. The van der Waals surface area contributed by atoms with Gasteiger partial charge < -0.3 is 0 Å². The van der Waals surface area contributed by atoms with Gasteiger partial charge >= 0.3 is 0 Å². The van der Waals surface area contributed by atoms with Crippen LogP contribution in [0.2, 0.25) is 18.6 Å². The van der Waals surface area contributed by atoms with Gasteiger partial charge in [-0.25, -0.2) is 0 Å². The molecule has 1 atom stereocenters. The third kappa shape index (κ3) is 4.03. The van der Waals surface area contributed by atoms with E-state index in [0.717, 1.165) is 5.20 Å². The van der Waals surface area contributed by atoms with Crippen molar-refractivity contribution >= 4 is 57.7 Å². The third-order valence-corrected chi connectivity index (χ3v) is 8.99. The summed E-state index contributed by atoms with van der Waals surface area (Å²) in [5.41, 5.74) is 0.0486. The second kappa shape index (κ2) is 4.24. The Labute approximate surface area is 94.7 Å². The first-order valence-corrected chi connectivity index (χ1v) is 12.6. The van der Waals surface area contributed by atoms with Crippen LogP contribution in [0.25, 0.3) is 0 Å². The molecule has 0 radical (unpaired) electrons. The highest BCUT2D eigenvalue weighted by molar-refractivity contribution is 7.50. The largest absolute Gasteiger partial charge is 0.273 e. The van der Waals surface area contributed by atoms with Gasteiger partial charge in [-0.05, 0) is 18.6 Å². The summed E-state index contributed by atoms with van der Waals surface area (Å²) in [5.74, 6) is 0. The fourth-order valence-corrected chi connectivity index (χ4v) is 6.66. The van der Waals surface area contributed by atoms with Crippen LogP contribution in [0.15, 0.2) is 11.8 Å². The van der Waals surface area contributed by atoms with E-state index in [1.54, 1.807) is 0 Å². The van der Waals surface area contributed by atoms with E-state index >= 15 is 0 Å². The van der Waals surface area contributed by atoms with E-state index in [2.05, 4.69) is 6.58 Å². The van der Waals surface area contributed by atoms with Gasteiger partial charge in [0.2, 0.25) is 0 Å². The van der Waals surface area contributed by atoms with Crippen molar-refractivity contribution in [1.82, 2.24) is 0 Å². The molecule has 0 aliphatic rings. The lowest BCUT2D eigenvalue weighted by atomic mass is 10.5. The van der Waals surface area contributed by atoms with Crippen molar-refractivity contribution in [3.63, 3.8) is 0 Å². The summed E-state index contributed by atoms with van der Waals surface area (Å²) in [7, 11) is 0. The third-order valence-electron chi connectivity index (χ3n) is 1.85. The van der Waals surface area contributed by atoms with Gasteiger partial charge in [0, 0.05) is 0 Å². The Morgan fingerprint density at radius 1 is 1.17 bits per heavy atom. The van der Waals surface area contributed by atoms with Crippen LogP contribution in [-0.4, -0.2) is 13.4 Å². The number of hydrogen-bond acceptors (Lipinski definition) is 0. The van der Waals surface area contributed by atoms with E-state index in [9.17, 15) is 0 Å². The maximum atomic E-state index is 6.03. The minimum Gasteiger partial charge on any atom is -0.146 e. The molecule has 0 spiro atoms. The van der Waals surface area contributed by atoms with Gasteiger partial charge in [-0.15, -0.1) is 50.9 Å². The maximum absolute atomic E-state index is 6.03. The van der Waals surface area contributed by atoms with E-state index < -0.39 is 13.4 Å². The second-order valence-electron chi connectivity index (χ2n) is 3.09. The summed E-state index contributed by atoms with van der Waals surface area (Å²) in [6.07, 6.45) is 0. The smallest absolute Gasteiger partial charge is 0.146 e. The molecule has 0 bridgehead atoms. The van der Waals surface area contributed by atoms with Gasteiger partial charge in [-0.3, -0.25) is 0 Å². The molecular weight excluding hydrogens is 270 g/mol. The Bertz CT molecular complexity index is 179. The Morgan fingerprint density at radius 2 is 1.50 bits per heavy atom. The van der Waals surface area contributed by atoms with Crippen molar-refractivity contribution in [3.8, 4) is 0 Å². The van der Waals surface area contributed by atoms with Crippen molar-refractivity contribution in [2.45, 2.75) is 25.6 Å². The van der Waals surface area contributed by atoms with Crippen molar-refractivity contribution in [2.24, 2.45) is 0 Å². The van der Waals surface area contributed by atoms with Crippen LogP contribution in [0, 0.1) is 0 Å². The molecule has 0 nitrogen and oxygen atoms in total. The van der Waals surface area contributed by atoms with Crippen LogP contribution >= 0.6 is 44.3 Å². The van der Waals surface area contributed by atoms with Crippen LogP contribution in [0.3, 0.4) is 0 Å². The average Bonchev–Trinajstić information content (AvgIpc) is 1.80. The summed E-state index contributed by atoms with van der Waals surface area (Å²) in [6, 6.07) is 0. The van der Waals surface area contributed by atoms with E-state index in [-0.39, 0.29) is 5.54 Å². The van der Waals surface area contributed by atoms with Gasteiger partial charge in [0.05, 0.1) is 0 Å². The van der Waals surface area contributed by atoms with Gasteiger partial charge in [-0.1, -0.05) is 12.1 Å². The normalized spacial score (nSPS) is 15.9. The number of allylic oxidation sites excluding steroid dienone is 1. The van der Waals surface area contributed by atoms with Gasteiger partial charge in [-0.2, -0.15) is 0 Å². The summed E-state index contributed by atoms with van der Waals surface area (Å²) in [5, 5.41) is 0.824. The van der Waals surface area contributed by atoms with Gasteiger partial charge in [0.1, 0.15) is 0 Å². The van der Waals surface area contributed by atoms with Crippen molar-refractivity contribution in [1.29, 1.82) is 0 Å². The molecule has 0 aromatic rings. The zero-order valence-corrected chi connectivity index (χ0v) is 12.3. The lowest BCUT2D eigenvalue weighted by molar-refractivity contribution is 1.14. The maximum Gasteiger partial charge on any atom is 0.273 e. The van der Waals surface area contributed by atoms with Gasteiger partial charge in [0.25, 0.3) is 13.4 Å². The molecular formula is C6H12Cl4Si2. The van der Waals surface area contributed by atoms with E-state index in [0.29, 0.717) is 0 Å². The monoisotopic (exact) mass is 280 g/mol. The summed E-state index contributed by atoms with van der Waals surface area (Å²) in [4.78, 5) is 0. The van der Waals surface area contributed by atoms with E-state index in [1.807, 2.05) is 20.0 Å². The first-order valence-electron chi connectivity index (χ1n) is 3.51. The molecule has 0 heterocycles. The molecule has 6 heteroatoms. The lowest BCUT2D eigenvalue weighted by Gasteiger charge is -2.26. The Kier molecular flexibility index (Phi) is 4.71.